The number of hydrogen-bond acceptors (Lipinski definition) is 5. The highest BCUT2D eigenvalue weighted by atomic mass is 16.5. The van der Waals surface area contributed by atoms with Crippen LogP contribution in [0.5, 0.6) is 5.75 Å². The molecular formula is C13H14N4O4. The van der Waals surface area contributed by atoms with E-state index in [1.807, 2.05) is 0 Å². The first-order valence-corrected chi connectivity index (χ1v) is 5.99. The number of rotatable bonds is 1. The number of amides is 1. The van der Waals surface area contributed by atoms with E-state index in [1.54, 1.807) is 29.8 Å². The van der Waals surface area contributed by atoms with Crippen LogP contribution in [0.4, 0.5) is 11.4 Å². The molecule has 0 saturated heterocycles. The standard InChI is InChI=1S/C8H8N2O2.C5H6N2O2/c9-5-1-2-6-7(3-5)12-4-8(11)10-6;1-7-2-4(5(8)9)6-3-7/h1-3H,4,9H2,(H,10,11);2-3H,1H3,(H,8,9). The average molecular weight is 290 g/mol. The van der Waals surface area contributed by atoms with E-state index in [0.29, 0.717) is 17.1 Å². The van der Waals surface area contributed by atoms with Crippen LogP contribution in [0.3, 0.4) is 0 Å². The number of hydrogen-bond donors (Lipinski definition) is 3. The van der Waals surface area contributed by atoms with E-state index in [9.17, 15) is 9.59 Å². The van der Waals surface area contributed by atoms with Gasteiger partial charge in [0.2, 0.25) is 0 Å². The molecule has 2 heterocycles. The van der Waals surface area contributed by atoms with Crippen LogP contribution < -0.4 is 15.8 Å². The van der Waals surface area contributed by atoms with Crippen molar-refractivity contribution >= 4 is 23.3 Å². The third-order valence-electron chi connectivity index (χ3n) is 2.56. The van der Waals surface area contributed by atoms with Gasteiger partial charge in [-0.1, -0.05) is 0 Å². The molecule has 1 aromatic carbocycles. The highest BCUT2D eigenvalue weighted by Crippen LogP contribution is 2.29. The molecule has 110 valence electrons. The van der Waals surface area contributed by atoms with Crippen LogP contribution in [0.15, 0.2) is 30.7 Å². The number of carboxylic acids is 1. The Hall–Kier alpha value is -3.03. The van der Waals surface area contributed by atoms with E-state index in [4.69, 9.17) is 15.6 Å². The zero-order valence-corrected chi connectivity index (χ0v) is 11.2. The van der Waals surface area contributed by atoms with Crippen molar-refractivity contribution in [1.29, 1.82) is 0 Å². The maximum Gasteiger partial charge on any atom is 0.356 e. The van der Waals surface area contributed by atoms with Gasteiger partial charge in [0.25, 0.3) is 5.91 Å². The van der Waals surface area contributed by atoms with Crippen molar-refractivity contribution < 1.29 is 19.4 Å². The molecule has 0 bridgehead atoms. The van der Waals surface area contributed by atoms with Crippen LogP contribution >= 0.6 is 0 Å². The van der Waals surface area contributed by atoms with Crippen molar-refractivity contribution in [3.63, 3.8) is 0 Å². The smallest absolute Gasteiger partial charge is 0.356 e. The number of benzene rings is 1. The number of nitrogens with one attached hydrogen (secondary N) is 1. The lowest BCUT2D eigenvalue weighted by molar-refractivity contribution is -0.118. The van der Waals surface area contributed by atoms with Crippen LogP contribution in [-0.2, 0) is 11.8 Å². The van der Waals surface area contributed by atoms with Crippen molar-refractivity contribution in [3.8, 4) is 5.75 Å². The maximum atomic E-state index is 10.8. The second-order valence-corrected chi connectivity index (χ2v) is 4.32. The van der Waals surface area contributed by atoms with Gasteiger partial charge in [0.05, 0.1) is 12.0 Å². The summed E-state index contributed by atoms with van der Waals surface area (Å²) in [4.78, 5) is 24.6. The summed E-state index contributed by atoms with van der Waals surface area (Å²) in [6.45, 7) is 0.0659. The SMILES string of the molecule is Cn1cnc(C(=O)O)c1.Nc1ccc2c(c1)OCC(=O)N2. The van der Waals surface area contributed by atoms with Crippen molar-refractivity contribution in [3.05, 3.63) is 36.4 Å². The lowest BCUT2D eigenvalue weighted by Gasteiger charge is -2.17. The number of carbonyl (C=O) groups is 2. The van der Waals surface area contributed by atoms with Crippen LogP contribution in [0.2, 0.25) is 0 Å². The number of aromatic carboxylic acids is 1. The Labute approximate surface area is 120 Å². The van der Waals surface area contributed by atoms with Gasteiger partial charge in [-0.05, 0) is 12.1 Å². The summed E-state index contributed by atoms with van der Waals surface area (Å²) in [5.74, 6) is -0.488. The van der Waals surface area contributed by atoms with Gasteiger partial charge in [0.1, 0.15) is 5.75 Å². The summed E-state index contributed by atoms with van der Waals surface area (Å²) in [7, 11) is 1.72. The molecule has 2 aromatic rings. The molecule has 0 spiro atoms. The lowest BCUT2D eigenvalue weighted by atomic mass is 10.2. The first-order valence-electron chi connectivity index (χ1n) is 5.99. The zero-order chi connectivity index (χ0) is 15.4. The van der Waals surface area contributed by atoms with Crippen LogP contribution in [0.25, 0.3) is 0 Å². The van der Waals surface area contributed by atoms with E-state index in [2.05, 4.69) is 10.3 Å². The van der Waals surface area contributed by atoms with E-state index >= 15 is 0 Å². The molecule has 0 atom stereocenters. The Morgan fingerprint density at radius 1 is 1.52 bits per heavy atom. The summed E-state index contributed by atoms with van der Waals surface area (Å²) in [5.41, 5.74) is 6.92. The number of aromatic nitrogens is 2. The second kappa shape index (κ2) is 5.95. The van der Waals surface area contributed by atoms with Crippen molar-refractivity contribution in [2.75, 3.05) is 17.7 Å². The number of aryl methyl sites for hydroxylation is 1. The van der Waals surface area contributed by atoms with Crippen molar-refractivity contribution in [1.82, 2.24) is 9.55 Å². The average Bonchev–Trinajstić information content (AvgIpc) is 2.87. The number of fused-ring (bicyclic) bond motifs is 1. The fraction of sp³-hybridized carbons (Fsp3) is 0.154. The molecule has 0 radical (unpaired) electrons. The van der Waals surface area contributed by atoms with Gasteiger partial charge in [-0.3, -0.25) is 4.79 Å². The zero-order valence-electron chi connectivity index (χ0n) is 11.2. The molecule has 1 aromatic heterocycles. The normalized spacial score (nSPS) is 12.3. The second-order valence-electron chi connectivity index (χ2n) is 4.32. The summed E-state index contributed by atoms with van der Waals surface area (Å²) >= 11 is 0. The Kier molecular flexibility index (Phi) is 4.07. The number of ether oxygens (including phenoxy) is 1. The highest BCUT2D eigenvalue weighted by molar-refractivity contribution is 5.95. The van der Waals surface area contributed by atoms with E-state index < -0.39 is 5.97 Å². The Morgan fingerprint density at radius 3 is 2.86 bits per heavy atom. The molecule has 21 heavy (non-hydrogen) atoms. The molecule has 0 aliphatic carbocycles. The number of anilines is 2. The Morgan fingerprint density at radius 2 is 2.29 bits per heavy atom. The molecule has 1 amide bonds. The predicted octanol–water partition coefficient (Wildman–Crippen LogP) is 0.718. The molecule has 8 heteroatoms. The van der Waals surface area contributed by atoms with E-state index in [0.717, 1.165) is 0 Å². The third-order valence-corrected chi connectivity index (χ3v) is 2.56. The van der Waals surface area contributed by atoms with Gasteiger partial charge in [0, 0.05) is 25.0 Å². The summed E-state index contributed by atoms with van der Waals surface area (Å²) in [5, 5.41) is 11.0. The van der Waals surface area contributed by atoms with Crippen molar-refractivity contribution in [2.24, 2.45) is 7.05 Å². The fourth-order valence-electron chi connectivity index (χ4n) is 1.61. The van der Waals surface area contributed by atoms with Gasteiger partial charge in [-0.25, -0.2) is 9.78 Å². The monoisotopic (exact) mass is 290 g/mol. The molecule has 1 aliphatic rings. The topological polar surface area (TPSA) is 119 Å². The van der Waals surface area contributed by atoms with Crippen LogP contribution in [0.1, 0.15) is 10.5 Å². The largest absolute Gasteiger partial charge is 0.482 e. The minimum absolute atomic E-state index is 0.0659. The van der Waals surface area contributed by atoms with Gasteiger partial charge in [-0.15, -0.1) is 0 Å². The van der Waals surface area contributed by atoms with Gasteiger partial charge < -0.3 is 25.5 Å². The lowest BCUT2D eigenvalue weighted by Crippen LogP contribution is -2.25. The quantitative estimate of drug-likeness (QED) is 0.666. The maximum absolute atomic E-state index is 10.8. The predicted molar refractivity (Wildman–Crippen MR) is 75.1 cm³/mol. The van der Waals surface area contributed by atoms with Crippen LogP contribution in [-0.4, -0.2) is 33.1 Å². The Balaban J connectivity index is 0.000000161. The summed E-state index contributed by atoms with van der Waals surface area (Å²) < 4.78 is 6.71. The minimum Gasteiger partial charge on any atom is -0.482 e. The summed E-state index contributed by atoms with van der Waals surface area (Å²) in [6, 6.07) is 5.13. The molecular weight excluding hydrogens is 276 g/mol. The Bertz CT molecular complexity index is 681. The van der Waals surface area contributed by atoms with E-state index in [1.165, 1.54) is 12.5 Å². The number of nitrogens with two attached hydrogens (primary N) is 1. The van der Waals surface area contributed by atoms with Gasteiger partial charge in [0.15, 0.2) is 12.3 Å². The fourth-order valence-corrected chi connectivity index (χ4v) is 1.61. The van der Waals surface area contributed by atoms with Crippen molar-refractivity contribution in [2.45, 2.75) is 0 Å². The number of nitrogen functional groups attached to an aromatic ring is 1. The molecule has 1 aliphatic heterocycles. The summed E-state index contributed by atoms with van der Waals surface area (Å²) in [6.07, 6.45) is 2.89. The number of nitrogens with zero attached hydrogens (tertiary/aromatic N) is 2. The van der Waals surface area contributed by atoms with Crippen LogP contribution in [0, 0.1) is 0 Å². The molecule has 8 nitrogen and oxygen atoms in total. The molecule has 0 fully saturated rings. The molecule has 4 N–H and O–H groups in total. The minimum atomic E-state index is -0.990. The van der Waals surface area contributed by atoms with Gasteiger partial charge in [-0.2, -0.15) is 0 Å². The first-order chi connectivity index (χ1) is 9.95. The number of carbonyl (C=O) groups excluding carboxylic acids is 1. The molecule has 0 unspecified atom stereocenters. The molecule has 0 saturated carbocycles. The van der Waals surface area contributed by atoms with Gasteiger partial charge >= 0.3 is 5.97 Å². The number of imidazole rings is 1. The van der Waals surface area contributed by atoms with E-state index in [-0.39, 0.29) is 18.2 Å². The number of carboxylic acid groups (broad SMARTS) is 1. The third kappa shape index (κ3) is 3.72. The highest BCUT2D eigenvalue weighted by Gasteiger charge is 2.14. The molecule has 3 rings (SSSR count). The first kappa shape index (κ1) is 14.4.